The van der Waals surface area contributed by atoms with Gasteiger partial charge in [0.05, 0.1) is 0 Å². The van der Waals surface area contributed by atoms with Gasteiger partial charge < -0.3 is 4.90 Å². The Bertz CT molecular complexity index is 400. The van der Waals surface area contributed by atoms with Crippen molar-refractivity contribution in [2.75, 3.05) is 18.8 Å². The zero-order chi connectivity index (χ0) is 15.5. The lowest BCUT2D eigenvalue weighted by molar-refractivity contribution is -0.130. The quantitative estimate of drug-likeness (QED) is 0.547. The minimum absolute atomic E-state index is 0.290. The van der Waals surface area contributed by atoms with Crippen LogP contribution in [0.15, 0.2) is 29.2 Å². The molecule has 0 aromatic heterocycles. The fraction of sp³-hybridized carbons (Fsp3) is 0.588. The van der Waals surface area contributed by atoms with E-state index in [2.05, 4.69) is 13.8 Å². The number of thioether (sulfide) groups is 1. The lowest BCUT2D eigenvalue weighted by atomic mass is 10.2. The SMILES string of the molecule is CCCCN(CCCC)C(=O)CCSc1ccc(Cl)cc1. The second-order valence-corrected chi connectivity index (χ2v) is 6.75. The van der Waals surface area contributed by atoms with E-state index in [0.29, 0.717) is 12.3 Å². The van der Waals surface area contributed by atoms with Gasteiger partial charge in [-0.15, -0.1) is 11.8 Å². The zero-order valence-electron chi connectivity index (χ0n) is 13.1. The van der Waals surface area contributed by atoms with Crippen molar-refractivity contribution >= 4 is 29.3 Å². The van der Waals surface area contributed by atoms with Gasteiger partial charge in [-0.2, -0.15) is 0 Å². The van der Waals surface area contributed by atoms with Gasteiger partial charge in [-0.05, 0) is 37.1 Å². The average molecular weight is 328 g/mol. The highest BCUT2D eigenvalue weighted by Crippen LogP contribution is 2.21. The number of unbranched alkanes of at least 4 members (excludes halogenated alkanes) is 2. The number of carbonyl (C=O) groups is 1. The van der Waals surface area contributed by atoms with Crippen LogP contribution in [0.1, 0.15) is 46.0 Å². The molecule has 0 saturated heterocycles. The molecule has 0 aliphatic carbocycles. The predicted molar refractivity (Wildman–Crippen MR) is 93.2 cm³/mol. The Morgan fingerprint density at radius 3 is 2.19 bits per heavy atom. The molecule has 1 aromatic carbocycles. The molecule has 1 rings (SSSR count). The summed E-state index contributed by atoms with van der Waals surface area (Å²) < 4.78 is 0. The molecule has 0 N–H and O–H groups in total. The summed E-state index contributed by atoms with van der Waals surface area (Å²) in [5, 5.41) is 0.751. The van der Waals surface area contributed by atoms with Crippen LogP contribution in [0.4, 0.5) is 0 Å². The molecule has 2 nitrogen and oxygen atoms in total. The van der Waals surface area contributed by atoms with Crippen molar-refractivity contribution < 1.29 is 4.79 Å². The summed E-state index contributed by atoms with van der Waals surface area (Å²) in [6.45, 7) is 6.14. The smallest absolute Gasteiger partial charge is 0.223 e. The first kappa shape index (κ1) is 18.4. The number of carbonyl (C=O) groups excluding carboxylic acids is 1. The fourth-order valence-electron chi connectivity index (χ4n) is 2.00. The van der Waals surface area contributed by atoms with E-state index in [1.54, 1.807) is 11.8 Å². The van der Waals surface area contributed by atoms with Crippen LogP contribution < -0.4 is 0 Å². The number of nitrogens with zero attached hydrogens (tertiary/aromatic N) is 1. The number of benzene rings is 1. The molecule has 0 aliphatic rings. The summed E-state index contributed by atoms with van der Waals surface area (Å²) >= 11 is 7.58. The molecule has 0 radical (unpaired) electrons. The second-order valence-electron chi connectivity index (χ2n) is 5.14. The van der Waals surface area contributed by atoms with Gasteiger partial charge >= 0.3 is 0 Å². The monoisotopic (exact) mass is 327 g/mol. The molecule has 0 aliphatic heterocycles. The largest absolute Gasteiger partial charge is 0.343 e. The Morgan fingerprint density at radius 2 is 1.67 bits per heavy atom. The van der Waals surface area contributed by atoms with Crippen molar-refractivity contribution in [1.29, 1.82) is 0 Å². The van der Waals surface area contributed by atoms with Crippen LogP contribution in [0.25, 0.3) is 0 Å². The third kappa shape index (κ3) is 7.77. The molecule has 0 heterocycles. The summed E-state index contributed by atoms with van der Waals surface area (Å²) in [6, 6.07) is 7.79. The van der Waals surface area contributed by atoms with Gasteiger partial charge in [0, 0.05) is 35.2 Å². The van der Waals surface area contributed by atoms with Gasteiger partial charge in [0.25, 0.3) is 0 Å². The van der Waals surface area contributed by atoms with Crippen LogP contribution in [0.2, 0.25) is 5.02 Å². The maximum Gasteiger partial charge on any atom is 0.223 e. The predicted octanol–water partition coefficient (Wildman–Crippen LogP) is 5.25. The van der Waals surface area contributed by atoms with Crippen LogP contribution in [0.5, 0.6) is 0 Å². The summed E-state index contributed by atoms with van der Waals surface area (Å²) in [5.74, 6) is 1.12. The first-order chi connectivity index (χ1) is 10.2. The normalized spacial score (nSPS) is 10.6. The molecule has 0 atom stereocenters. The molecule has 1 amide bonds. The minimum atomic E-state index is 0.290. The summed E-state index contributed by atoms with van der Waals surface area (Å²) in [5.41, 5.74) is 0. The van der Waals surface area contributed by atoms with E-state index in [-0.39, 0.29) is 0 Å². The molecule has 21 heavy (non-hydrogen) atoms. The van der Waals surface area contributed by atoms with Crippen molar-refractivity contribution in [3.05, 3.63) is 29.3 Å². The third-order valence-corrected chi connectivity index (χ3v) is 4.58. The number of rotatable bonds is 10. The average Bonchev–Trinajstić information content (AvgIpc) is 2.49. The molecule has 0 unspecified atom stereocenters. The highest BCUT2D eigenvalue weighted by Gasteiger charge is 2.12. The van der Waals surface area contributed by atoms with Crippen molar-refractivity contribution in [3.8, 4) is 0 Å². The molecule has 0 bridgehead atoms. The lowest BCUT2D eigenvalue weighted by Crippen LogP contribution is -2.33. The van der Waals surface area contributed by atoms with Crippen molar-refractivity contribution in [3.63, 3.8) is 0 Å². The van der Waals surface area contributed by atoms with E-state index in [9.17, 15) is 4.79 Å². The van der Waals surface area contributed by atoms with Crippen LogP contribution in [-0.4, -0.2) is 29.6 Å². The third-order valence-electron chi connectivity index (χ3n) is 3.31. The van der Waals surface area contributed by atoms with Gasteiger partial charge in [-0.3, -0.25) is 4.79 Å². The zero-order valence-corrected chi connectivity index (χ0v) is 14.7. The van der Waals surface area contributed by atoms with Gasteiger partial charge in [0.1, 0.15) is 0 Å². The van der Waals surface area contributed by atoms with Gasteiger partial charge in [-0.25, -0.2) is 0 Å². The number of amides is 1. The Hall–Kier alpha value is -0.670. The van der Waals surface area contributed by atoms with Crippen molar-refractivity contribution in [1.82, 2.24) is 4.90 Å². The molecule has 0 spiro atoms. The van der Waals surface area contributed by atoms with Crippen LogP contribution in [-0.2, 0) is 4.79 Å². The van der Waals surface area contributed by atoms with E-state index in [0.717, 1.165) is 49.5 Å². The number of hydrogen-bond donors (Lipinski definition) is 0. The van der Waals surface area contributed by atoms with E-state index in [1.165, 1.54) is 4.90 Å². The standard InChI is InChI=1S/C17H26ClNOS/c1-3-5-12-19(13-6-4-2)17(20)11-14-21-16-9-7-15(18)8-10-16/h7-10H,3-6,11-14H2,1-2H3. The Labute approximate surface area is 138 Å². The van der Waals surface area contributed by atoms with Gasteiger partial charge in [0.15, 0.2) is 0 Å². The lowest BCUT2D eigenvalue weighted by Gasteiger charge is -2.22. The van der Waals surface area contributed by atoms with Crippen LogP contribution in [0.3, 0.4) is 0 Å². The van der Waals surface area contributed by atoms with Gasteiger partial charge in [-0.1, -0.05) is 38.3 Å². The maximum atomic E-state index is 12.3. The van der Waals surface area contributed by atoms with Crippen molar-refractivity contribution in [2.24, 2.45) is 0 Å². The maximum absolute atomic E-state index is 12.3. The molecule has 4 heteroatoms. The topological polar surface area (TPSA) is 20.3 Å². The fourth-order valence-corrected chi connectivity index (χ4v) is 2.97. The van der Waals surface area contributed by atoms with Crippen molar-refractivity contribution in [2.45, 2.75) is 50.8 Å². The Kier molecular flexibility index (Phi) is 9.60. The molecule has 0 fully saturated rings. The van der Waals surface area contributed by atoms with E-state index < -0.39 is 0 Å². The summed E-state index contributed by atoms with van der Waals surface area (Å²) in [6.07, 6.45) is 5.07. The van der Waals surface area contributed by atoms with Crippen LogP contribution >= 0.6 is 23.4 Å². The first-order valence-electron chi connectivity index (χ1n) is 7.83. The van der Waals surface area contributed by atoms with E-state index in [1.807, 2.05) is 29.2 Å². The molecule has 1 aromatic rings. The molecular formula is C17H26ClNOS. The van der Waals surface area contributed by atoms with E-state index in [4.69, 9.17) is 11.6 Å². The van der Waals surface area contributed by atoms with Gasteiger partial charge in [0.2, 0.25) is 5.91 Å². The number of halogens is 1. The summed E-state index contributed by atoms with van der Waals surface area (Å²) in [7, 11) is 0. The van der Waals surface area contributed by atoms with Crippen LogP contribution in [0, 0.1) is 0 Å². The minimum Gasteiger partial charge on any atom is -0.343 e. The second kappa shape index (κ2) is 11.0. The molecule has 0 saturated carbocycles. The Morgan fingerprint density at radius 1 is 1.10 bits per heavy atom. The highest BCUT2D eigenvalue weighted by atomic mass is 35.5. The Balaban J connectivity index is 2.35. The number of hydrogen-bond acceptors (Lipinski definition) is 2. The summed E-state index contributed by atoms with van der Waals surface area (Å²) in [4.78, 5) is 15.5. The molecular weight excluding hydrogens is 302 g/mol. The molecule has 118 valence electrons. The van der Waals surface area contributed by atoms with E-state index >= 15 is 0 Å². The highest BCUT2D eigenvalue weighted by molar-refractivity contribution is 7.99. The first-order valence-corrected chi connectivity index (χ1v) is 9.19.